The predicted octanol–water partition coefficient (Wildman–Crippen LogP) is 7.27. The van der Waals surface area contributed by atoms with E-state index in [2.05, 4.69) is 20.8 Å². The van der Waals surface area contributed by atoms with Gasteiger partial charge in [0, 0.05) is 0 Å². The monoisotopic (exact) mass is 404 g/mol. The summed E-state index contributed by atoms with van der Waals surface area (Å²) in [6.45, 7) is 6.48. The average Bonchev–Trinajstić information content (AvgIpc) is 2.68. The molecule has 0 aliphatic carbocycles. The fraction of sp³-hybridized carbons (Fsp3) is 0.680. The number of esters is 1. The van der Waals surface area contributed by atoms with Crippen LogP contribution in [0.25, 0.3) is 0 Å². The molecule has 0 saturated carbocycles. The van der Waals surface area contributed by atoms with Gasteiger partial charge in [0.2, 0.25) is 0 Å². The number of carboxylic acid groups (broad SMARTS) is 1. The normalized spacial score (nSPS) is 12.1. The number of carboxylic acids is 1. The highest BCUT2D eigenvalue weighted by Gasteiger charge is 2.21. The summed E-state index contributed by atoms with van der Waals surface area (Å²) in [6, 6.07) is 6.26. The maximum Gasteiger partial charge on any atom is 0.339 e. The fourth-order valence-corrected chi connectivity index (χ4v) is 3.67. The van der Waals surface area contributed by atoms with Gasteiger partial charge in [0.1, 0.15) is 6.10 Å². The summed E-state index contributed by atoms with van der Waals surface area (Å²) in [5, 5.41) is 9.29. The van der Waals surface area contributed by atoms with Crippen molar-refractivity contribution in [2.45, 2.75) is 104 Å². The Labute approximate surface area is 177 Å². The van der Waals surface area contributed by atoms with E-state index >= 15 is 0 Å². The lowest BCUT2D eigenvalue weighted by atomic mass is 9.99. The van der Waals surface area contributed by atoms with E-state index in [0.717, 1.165) is 25.7 Å². The molecule has 0 radical (unpaired) electrons. The first-order valence-electron chi connectivity index (χ1n) is 11.5. The van der Waals surface area contributed by atoms with Crippen LogP contribution in [0, 0.1) is 5.92 Å². The second-order valence-electron chi connectivity index (χ2n) is 8.48. The topological polar surface area (TPSA) is 63.6 Å². The number of ether oxygens (including phenoxy) is 1. The Kier molecular flexibility index (Phi) is 13.1. The van der Waals surface area contributed by atoms with Crippen molar-refractivity contribution >= 4 is 11.9 Å². The first kappa shape index (κ1) is 25.2. The van der Waals surface area contributed by atoms with Gasteiger partial charge in [-0.1, -0.05) is 90.7 Å². The van der Waals surface area contributed by atoms with Crippen molar-refractivity contribution in [2.75, 3.05) is 0 Å². The second-order valence-corrected chi connectivity index (χ2v) is 8.48. The zero-order valence-corrected chi connectivity index (χ0v) is 18.6. The minimum atomic E-state index is -1.10. The van der Waals surface area contributed by atoms with Crippen LogP contribution in [0.4, 0.5) is 0 Å². The molecule has 0 aliphatic rings. The first-order chi connectivity index (χ1) is 14.0. The highest BCUT2D eigenvalue weighted by Crippen LogP contribution is 2.20. The van der Waals surface area contributed by atoms with Crippen molar-refractivity contribution in [3.05, 3.63) is 35.4 Å². The lowest BCUT2D eigenvalue weighted by Gasteiger charge is -2.20. The van der Waals surface area contributed by atoms with Gasteiger partial charge in [0.25, 0.3) is 0 Å². The first-order valence-corrected chi connectivity index (χ1v) is 11.5. The summed E-state index contributed by atoms with van der Waals surface area (Å²) < 4.78 is 5.72. The molecule has 29 heavy (non-hydrogen) atoms. The van der Waals surface area contributed by atoms with Gasteiger partial charge in [-0.3, -0.25) is 0 Å². The smallest absolute Gasteiger partial charge is 0.339 e. The van der Waals surface area contributed by atoms with Crippen LogP contribution < -0.4 is 0 Å². The third-order valence-electron chi connectivity index (χ3n) is 5.27. The Balaban J connectivity index is 2.39. The molecule has 164 valence electrons. The van der Waals surface area contributed by atoms with Crippen molar-refractivity contribution in [2.24, 2.45) is 5.92 Å². The molecule has 0 amide bonds. The van der Waals surface area contributed by atoms with Gasteiger partial charge < -0.3 is 9.84 Å². The predicted molar refractivity (Wildman–Crippen MR) is 119 cm³/mol. The highest BCUT2D eigenvalue weighted by atomic mass is 16.5. The van der Waals surface area contributed by atoms with Crippen molar-refractivity contribution < 1.29 is 19.4 Å². The lowest BCUT2D eigenvalue weighted by molar-refractivity contribution is 0.0220. The van der Waals surface area contributed by atoms with E-state index in [9.17, 15) is 14.7 Å². The van der Waals surface area contributed by atoms with Gasteiger partial charge in [0.05, 0.1) is 11.1 Å². The van der Waals surface area contributed by atoms with Crippen LogP contribution in [-0.4, -0.2) is 23.1 Å². The number of hydrogen-bond donors (Lipinski definition) is 1. The minimum absolute atomic E-state index is 0.000247. The Morgan fingerprint density at radius 1 is 0.862 bits per heavy atom. The fourth-order valence-electron chi connectivity index (χ4n) is 3.67. The number of hydrogen-bond acceptors (Lipinski definition) is 3. The van der Waals surface area contributed by atoms with Crippen LogP contribution in [0.5, 0.6) is 0 Å². The van der Waals surface area contributed by atoms with Crippen molar-refractivity contribution in [1.82, 2.24) is 0 Å². The van der Waals surface area contributed by atoms with E-state index in [-0.39, 0.29) is 17.2 Å². The van der Waals surface area contributed by atoms with Crippen LogP contribution >= 0.6 is 0 Å². The summed E-state index contributed by atoms with van der Waals surface area (Å²) in [6.07, 6.45) is 14.3. The number of carbonyl (C=O) groups excluding carboxylic acids is 1. The summed E-state index contributed by atoms with van der Waals surface area (Å²) in [7, 11) is 0. The van der Waals surface area contributed by atoms with E-state index in [4.69, 9.17) is 4.74 Å². The van der Waals surface area contributed by atoms with Crippen LogP contribution in [0.3, 0.4) is 0 Å². The third kappa shape index (κ3) is 11.1. The molecular formula is C25H40O4. The van der Waals surface area contributed by atoms with Gasteiger partial charge in [-0.05, 0) is 37.3 Å². The SMILES string of the molecule is CCCCCCCCCCCCC(CC(C)C)OC(=O)c1ccccc1C(=O)O. The van der Waals surface area contributed by atoms with E-state index < -0.39 is 11.9 Å². The molecule has 1 aromatic rings. The summed E-state index contributed by atoms with van der Waals surface area (Å²) in [5.74, 6) is -1.21. The number of benzene rings is 1. The van der Waals surface area contributed by atoms with Crippen molar-refractivity contribution in [3.8, 4) is 0 Å². The maximum atomic E-state index is 12.6. The summed E-state index contributed by atoms with van der Waals surface area (Å²) in [5.41, 5.74) is 0.136. The molecule has 4 nitrogen and oxygen atoms in total. The molecule has 1 unspecified atom stereocenters. The molecule has 1 atom stereocenters. The Morgan fingerprint density at radius 2 is 1.38 bits per heavy atom. The van der Waals surface area contributed by atoms with Gasteiger partial charge in [-0.25, -0.2) is 9.59 Å². The highest BCUT2D eigenvalue weighted by molar-refractivity contribution is 6.02. The number of aromatic carboxylic acids is 1. The molecular weight excluding hydrogens is 364 g/mol. The lowest BCUT2D eigenvalue weighted by Crippen LogP contribution is -2.22. The van der Waals surface area contributed by atoms with Crippen molar-refractivity contribution in [1.29, 1.82) is 0 Å². The number of rotatable bonds is 16. The molecule has 1 rings (SSSR count). The van der Waals surface area contributed by atoms with Gasteiger partial charge in [-0.2, -0.15) is 0 Å². The molecule has 0 fully saturated rings. The molecule has 4 heteroatoms. The van der Waals surface area contributed by atoms with Crippen molar-refractivity contribution in [3.63, 3.8) is 0 Å². The zero-order chi connectivity index (χ0) is 21.5. The van der Waals surface area contributed by atoms with Crippen LogP contribution in [-0.2, 0) is 4.74 Å². The Hall–Kier alpha value is -1.84. The van der Waals surface area contributed by atoms with Crippen LogP contribution in [0.15, 0.2) is 24.3 Å². The molecule has 0 aliphatic heterocycles. The Bertz CT molecular complexity index is 594. The average molecular weight is 405 g/mol. The van der Waals surface area contributed by atoms with E-state index in [0.29, 0.717) is 5.92 Å². The molecule has 0 aromatic heterocycles. The minimum Gasteiger partial charge on any atom is -0.478 e. The van der Waals surface area contributed by atoms with Gasteiger partial charge >= 0.3 is 11.9 Å². The summed E-state index contributed by atoms with van der Waals surface area (Å²) in [4.78, 5) is 23.9. The molecule has 1 N–H and O–H groups in total. The maximum absolute atomic E-state index is 12.6. The summed E-state index contributed by atoms with van der Waals surface area (Å²) >= 11 is 0. The third-order valence-corrected chi connectivity index (χ3v) is 5.27. The molecule has 0 saturated heterocycles. The molecule has 1 aromatic carbocycles. The number of carbonyl (C=O) groups is 2. The molecule has 0 heterocycles. The van der Waals surface area contributed by atoms with E-state index in [1.807, 2.05) is 0 Å². The Morgan fingerprint density at radius 3 is 1.90 bits per heavy atom. The quantitative estimate of drug-likeness (QED) is 0.232. The zero-order valence-electron chi connectivity index (χ0n) is 18.6. The van der Waals surface area contributed by atoms with E-state index in [1.54, 1.807) is 12.1 Å². The van der Waals surface area contributed by atoms with Crippen LogP contribution in [0.2, 0.25) is 0 Å². The van der Waals surface area contributed by atoms with E-state index in [1.165, 1.54) is 63.5 Å². The van der Waals surface area contributed by atoms with Gasteiger partial charge in [-0.15, -0.1) is 0 Å². The van der Waals surface area contributed by atoms with Gasteiger partial charge in [0.15, 0.2) is 0 Å². The van der Waals surface area contributed by atoms with Crippen LogP contribution in [0.1, 0.15) is 119 Å². The largest absolute Gasteiger partial charge is 0.478 e. The second kappa shape index (κ2) is 15.1. The molecule has 0 spiro atoms. The number of unbranched alkanes of at least 4 members (excludes halogenated alkanes) is 9. The standard InChI is InChI=1S/C25H40O4/c1-4-5-6-7-8-9-10-11-12-13-16-21(19-20(2)3)29-25(28)23-18-15-14-17-22(23)24(26)27/h14-15,17-18,20-21H,4-13,16,19H2,1-3H3,(H,26,27). The molecule has 0 bridgehead atoms.